The predicted molar refractivity (Wildman–Crippen MR) is 337 cm³/mol. The van der Waals surface area contributed by atoms with Gasteiger partial charge in [-0.2, -0.15) is 0 Å². The van der Waals surface area contributed by atoms with Crippen molar-refractivity contribution in [2.24, 2.45) is 91.7 Å². The fourth-order valence-corrected chi connectivity index (χ4v) is 27.4. The van der Waals surface area contributed by atoms with E-state index in [9.17, 15) is 46.0 Å². The summed E-state index contributed by atoms with van der Waals surface area (Å²) in [5.74, 6) is 4.63. The zero-order valence-electron chi connectivity index (χ0n) is 52.6. The van der Waals surface area contributed by atoms with Crippen LogP contribution < -0.4 is 10.2 Å². The number of aliphatic hydroxyl groups is 8. The van der Waals surface area contributed by atoms with Crippen molar-refractivity contribution in [3.63, 3.8) is 0 Å². The molecule has 7 saturated carbocycles. The highest BCUT2D eigenvalue weighted by Crippen LogP contribution is 2.81. The molecule has 15 nitrogen and oxygen atoms in total. The van der Waals surface area contributed by atoms with Crippen molar-refractivity contribution in [3.05, 3.63) is 47.6 Å². The first kappa shape index (κ1) is 62.9. The number of phenolic OH excluding ortho intramolecular Hbond substituents is 1. The lowest BCUT2D eigenvalue weighted by Gasteiger charge is -2.74. The highest BCUT2D eigenvalue weighted by molar-refractivity contribution is 8.76. The number of epoxide rings is 1. The van der Waals surface area contributed by atoms with Gasteiger partial charge in [-0.05, 0) is 185 Å². The van der Waals surface area contributed by atoms with Gasteiger partial charge in [0.25, 0.3) is 0 Å². The average molecular weight is 1250 g/mol. The predicted octanol–water partition coefficient (Wildman–Crippen LogP) is 7.79. The maximum atomic E-state index is 16.9. The maximum absolute atomic E-state index is 16.9. The lowest BCUT2D eigenvalue weighted by atomic mass is 9.31. The topological polar surface area (TPSA) is 253 Å². The maximum Gasteiger partial charge on any atom is 0.234 e. The number of hydrogen-bond donors (Lipinski definition) is 10. The molecule has 6 heterocycles. The molecule has 484 valence electrons. The van der Waals surface area contributed by atoms with Crippen LogP contribution >= 0.6 is 21.6 Å². The van der Waals surface area contributed by atoms with Crippen LogP contribution in [0.3, 0.4) is 0 Å². The lowest BCUT2D eigenvalue weighted by Crippen LogP contribution is -2.79. The number of phenols is 1. The van der Waals surface area contributed by atoms with Gasteiger partial charge < -0.3 is 65.6 Å². The van der Waals surface area contributed by atoms with Gasteiger partial charge in [0.1, 0.15) is 28.5 Å². The van der Waals surface area contributed by atoms with Crippen molar-refractivity contribution in [1.82, 2.24) is 5.32 Å². The molecule has 88 heavy (non-hydrogen) atoms. The molecule has 10 N–H and O–H groups in total. The summed E-state index contributed by atoms with van der Waals surface area (Å²) in [6.07, 6.45) is 14.1. The molecular weight excluding hydrogens is 1150 g/mol. The third kappa shape index (κ3) is 8.18. The van der Waals surface area contributed by atoms with Gasteiger partial charge in [0.15, 0.2) is 5.78 Å². The van der Waals surface area contributed by atoms with Gasteiger partial charge in [0, 0.05) is 96.9 Å². The molecule has 16 rings (SSSR count). The van der Waals surface area contributed by atoms with Crippen molar-refractivity contribution < 1.29 is 65.0 Å². The van der Waals surface area contributed by atoms with Gasteiger partial charge in [-0.1, -0.05) is 86.6 Å². The van der Waals surface area contributed by atoms with Gasteiger partial charge >= 0.3 is 0 Å². The molecule has 0 radical (unpaired) electrons. The van der Waals surface area contributed by atoms with Crippen LogP contribution in [0.1, 0.15) is 162 Å². The van der Waals surface area contributed by atoms with Gasteiger partial charge in [0.2, 0.25) is 5.91 Å². The zero-order chi connectivity index (χ0) is 62.0. The minimum atomic E-state index is -2.07. The first-order valence-electron chi connectivity index (χ1n) is 34.2. The Labute approximate surface area is 528 Å². The zero-order valence-corrected chi connectivity index (χ0v) is 54.3. The second-order valence-corrected chi connectivity index (χ2v) is 34.2. The quantitative estimate of drug-likeness (QED) is 0.0372. The summed E-state index contributed by atoms with van der Waals surface area (Å²) in [5.41, 5.74) is -13.1. The molecule has 2 saturated heterocycles. The number of benzene rings is 1. The number of aromatic hydroxyl groups is 1. The number of methoxy groups -OCH3 is 1. The Kier molecular flexibility index (Phi) is 15.7. The van der Waals surface area contributed by atoms with Crippen molar-refractivity contribution in [2.75, 3.05) is 50.7 Å². The molecule has 15 aliphatic rings. The fraction of sp³-hybridized carbons (Fsp3) is 0.803. The molecule has 1 aromatic rings. The highest BCUT2D eigenvalue weighted by atomic mass is 33.1. The molecule has 9 aliphatic carbocycles. The minimum Gasteiger partial charge on any atom is -0.508 e. The van der Waals surface area contributed by atoms with Crippen LogP contribution in [0.4, 0.5) is 5.69 Å². The van der Waals surface area contributed by atoms with E-state index in [0.29, 0.717) is 113 Å². The average Bonchev–Trinajstić information content (AvgIpc) is 1.02. The van der Waals surface area contributed by atoms with Gasteiger partial charge in [-0.15, -0.1) is 5.92 Å². The molecule has 9 fully saturated rings. The number of fused-ring (bicyclic) bond motifs is 4. The van der Waals surface area contributed by atoms with E-state index in [2.05, 4.69) is 50.1 Å². The first-order chi connectivity index (χ1) is 42.0. The largest absolute Gasteiger partial charge is 0.508 e. The molecule has 5 spiro atoms. The van der Waals surface area contributed by atoms with Crippen LogP contribution in [0.5, 0.6) is 5.75 Å². The van der Waals surface area contributed by atoms with Gasteiger partial charge in [-0.25, -0.2) is 0 Å². The second kappa shape index (κ2) is 22.0. The van der Waals surface area contributed by atoms with Crippen molar-refractivity contribution in [3.8, 4) is 17.6 Å². The molecule has 1 aromatic carbocycles. The first-order valence-corrected chi connectivity index (χ1v) is 36.6. The van der Waals surface area contributed by atoms with E-state index in [0.717, 1.165) is 54.9 Å². The highest BCUT2D eigenvalue weighted by Gasteiger charge is 2.84. The monoisotopic (exact) mass is 1250 g/mol. The summed E-state index contributed by atoms with van der Waals surface area (Å²) in [6.45, 7) is 8.75. The Morgan fingerprint density at radius 1 is 0.943 bits per heavy atom. The number of anilines is 1. The van der Waals surface area contributed by atoms with Crippen molar-refractivity contribution in [1.29, 1.82) is 0 Å². The Morgan fingerprint density at radius 2 is 1.74 bits per heavy atom. The normalized spacial score (nSPS) is 49.3. The summed E-state index contributed by atoms with van der Waals surface area (Å²) in [5, 5.41) is 122. The van der Waals surface area contributed by atoms with Crippen LogP contribution in [0.15, 0.2) is 42.0 Å². The van der Waals surface area contributed by atoms with E-state index in [1.807, 2.05) is 13.0 Å². The van der Waals surface area contributed by atoms with Gasteiger partial charge in [-0.3, -0.25) is 9.59 Å². The molecule has 23 unspecified atom stereocenters. The lowest BCUT2D eigenvalue weighted by molar-refractivity contribution is -0.309. The Morgan fingerprint density at radius 3 is 2.49 bits per heavy atom. The molecule has 17 heteroatoms. The summed E-state index contributed by atoms with van der Waals surface area (Å²) in [6, 6.07) is 5.38. The number of nitrogens with zero attached hydrogens (tertiary/aromatic N) is 1. The number of carbonyl (C=O) groups excluding carboxylic acids is 2. The summed E-state index contributed by atoms with van der Waals surface area (Å²) in [7, 11) is 4.28. The van der Waals surface area contributed by atoms with Crippen molar-refractivity contribution in [2.45, 2.75) is 215 Å². The third-order valence-electron chi connectivity index (χ3n) is 28.7. The molecular formula is C71H100N2O13S2. The third-order valence-corrected chi connectivity index (χ3v) is 31.4. The number of aliphatic hydroxyl groups excluding tert-OH is 5. The Bertz CT molecular complexity index is 3050. The minimum absolute atomic E-state index is 0.0396. The van der Waals surface area contributed by atoms with Crippen LogP contribution in [-0.2, 0) is 25.5 Å². The molecule has 23 atom stereocenters. The number of hydrogen-bond acceptors (Lipinski definition) is 16. The number of ketones is 1. The number of rotatable bonds is 9. The summed E-state index contributed by atoms with van der Waals surface area (Å²) < 4.78 is 12.2. The van der Waals surface area contributed by atoms with E-state index in [4.69, 9.17) is 9.47 Å². The number of allylic oxidation sites excluding steroid dienone is 2. The molecule has 10 bridgehead atoms. The summed E-state index contributed by atoms with van der Waals surface area (Å²) in [4.78, 5) is 35.2. The SMILES string of the molecule is COCCCC12CCC(CC#CC3CC4(CN5C(=O)C46C(CO)CCCC6CSSC(O)C46CC(O)C(O)(CO)C7(CCCC7)C4(C)C4CC7C=CCC(O)(C8OC8C(C)C(C)C)C8CCC(O)(C4=CC6=O)C78CCc4cc(O)cc5c4)C(O)C3CN1)C2. The summed E-state index contributed by atoms with van der Waals surface area (Å²) >= 11 is 0. The number of amides is 1. The van der Waals surface area contributed by atoms with Crippen LogP contribution in [-0.4, -0.2) is 156 Å². The van der Waals surface area contributed by atoms with Crippen LogP contribution in [0.2, 0.25) is 0 Å². The van der Waals surface area contributed by atoms with E-state index in [1.165, 1.54) is 10.8 Å². The fourth-order valence-electron chi connectivity index (χ4n) is 24.4. The Hall–Kier alpha value is -2.54. The molecule has 1 amide bonds. The second-order valence-electron chi connectivity index (χ2n) is 31.7. The van der Waals surface area contributed by atoms with Crippen LogP contribution in [0, 0.1) is 104 Å². The molecule has 0 aromatic heterocycles. The van der Waals surface area contributed by atoms with E-state index in [1.54, 1.807) is 30.2 Å². The number of nitrogens with one attached hydrogen (secondary N) is 1. The Balaban J connectivity index is 0.953. The van der Waals surface area contributed by atoms with E-state index >= 15 is 9.59 Å². The van der Waals surface area contributed by atoms with Crippen LogP contribution in [0.25, 0.3) is 0 Å². The molecule has 6 aliphatic heterocycles. The van der Waals surface area contributed by atoms with E-state index < -0.39 is 115 Å². The smallest absolute Gasteiger partial charge is 0.234 e. The standard InChI is InChI=1S/C71H100N2O13S2/c1-41(2)42(3)57-59(86-57)68(82)23-10-16-46-30-52-53-32-55(77)67(35-56(78)70(84,40-75)65(62(52,67)4)21-6-7-22-65)61(81)88-87-38-48-15-9-14-47(37-74)71(48)60(80)73(49-28-44(29-50(76)31-49)18-25-66(46)54(68)19-26-69(53,66)83)39-64(71)34-45-13-8-12-43-17-24-63(33-43,20-11-27-85-5)72-36-51(45)58(64)79/h10,16,28-29,31-32,41-43,45-48,51-52,54,56-59,61,72,74-76,78-79,81-84H,6-7,9,11-12,14-15,17-27,30,33-40H2,1-5H3. The van der Waals surface area contributed by atoms with Crippen molar-refractivity contribution >= 4 is 39.0 Å². The van der Waals surface area contributed by atoms with Gasteiger partial charge in [0.05, 0.1) is 41.3 Å². The number of aryl methyl sites for hydroxylation is 1. The number of ether oxygens (including phenoxy) is 2. The number of carbonyl (C=O) groups is 2. The van der Waals surface area contributed by atoms with E-state index in [-0.39, 0.29) is 79.4 Å².